The lowest BCUT2D eigenvalue weighted by atomic mass is 10.0. The maximum absolute atomic E-state index is 14.0. The lowest BCUT2D eigenvalue weighted by molar-refractivity contribution is -0.138. The zero-order valence-electron chi connectivity index (χ0n) is 34.9. The normalized spacial score (nSPS) is 16.7. The van der Waals surface area contributed by atoms with Crippen LogP contribution in [-0.4, -0.2) is 92.5 Å². The lowest BCUT2D eigenvalue weighted by Crippen LogP contribution is -2.43. The number of nitrogens with one attached hydrogen (secondary N) is 4. The summed E-state index contributed by atoms with van der Waals surface area (Å²) in [6.07, 6.45) is 7.65. The second-order valence-electron chi connectivity index (χ2n) is 15.3. The van der Waals surface area contributed by atoms with Crippen LogP contribution in [0.2, 0.25) is 0 Å². The van der Waals surface area contributed by atoms with Gasteiger partial charge in [0.05, 0.1) is 43.0 Å². The van der Waals surface area contributed by atoms with E-state index in [1.807, 2.05) is 84.9 Å². The molecule has 0 bridgehead atoms. The molecule has 0 unspecified atom stereocenters. The molecule has 2 fully saturated rings. The number of aromatic amines is 2. The minimum Gasteiger partial charge on any atom is -0.453 e. The summed E-state index contributed by atoms with van der Waals surface area (Å²) in [7, 11) is 2.71. The van der Waals surface area contributed by atoms with Crippen molar-refractivity contribution in [2.75, 3.05) is 33.9 Å². The number of methoxy groups -OCH3 is 2. The minimum absolute atomic E-state index is 0.143. The van der Waals surface area contributed by atoms with Crippen molar-refractivity contribution in [3.05, 3.63) is 150 Å². The molecule has 0 aliphatic carbocycles. The molecule has 3 aromatic carbocycles. The molecule has 6 aromatic rings. The molecule has 3 aromatic heterocycles. The number of alkyl carbamates (subject to hydrolysis) is 1. The number of amides is 4. The molecule has 0 spiro atoms. The molecule has 320 valence electrons. The molecule has 63 heavy (non-hydrogen) atoms. The van der Waals surface area contributed by atoms with Gasteiger partial charge >= 0.3 is 6.09 Å². The molecule has 4 N–H and O–H groups in total. The predicted octanol–water partition coefficient (Wildman–Crippen LogP) is 6.19. The molecule has 2 saturated heterocycles. The average molecular weight is 846 g/mol. The lowest BCUT2D eigenvalue weighted by Gasteiger charge is -2.28. The van der Waals surface area contributed by atoms with Crippen LogP contribution in [0.15, 0.2) is 116 Å². The summed E-state index contributed by atoms with van der Waals surface area (Å²) in [6, 6.07) is 27.6. The van der Waals surface area contributed by atoms with Crippen LogP contribution in [0, 0.1) is 11.8 Å². The van der Waals surface area contributed by atoms with Crippen LogP contribution in [0.3, 0.4) is 0 Å². The number of nitrogens with zero attached hydrogens (tertiary/aromatic N) is 5. The Morgan fingerprint density at radius 1 is 0.667 bits per heavy atom. The van der Waals surface area contributed by atoms with Crippen molar-refractivity contribution in [1.29, 1.82) is 0 Å². The van der Waals surface area contributed by atoms with Crippen LogP contribution < -0.4 is 10.6 Å². The third-order valence-electron chi connectivity index (χ3n) is 11.3. The summed E-state index contributed by atoms with van der Waals surface area (Å²) in [5, 5.41) is 5.55. The van der Waals surface area contributed by atoms with Gasteiger partial charge in [-0.3, -0.25) is 14.4 Å². The van der Waals surface area contributed by atoms with Gasteiger partial charge in [-0.2, -0.15) is 0 Å². The van der Waals surface area contributed by atoms with Crippen LogP contribution in [0.25, 0.3) is 22.5 Å². The van der Waals surface area contributed by atoms with Gasteiger partial charge in [0.25, 0.3) is 5.91 Å². The van der Waals surface area contributed by atoms with Gasteiger partial charge in [-0.25, -0.2) is 19.7 Å². The second kappa shape index (κ2) is 19.4. The van der Waals surface area contributed by atoms with Gasteiger partial charge in [-0.1, -0.05) is 78.7 Å². The van der Waals surface area contributed by atoms with Crippen molar-refractivity contribution in [1.82, 2.24) is 45.4 Å². The number of carbonyl (C=O) groups excluding carboxylic acids is 4. The molecular formula is C48H47N9O6. The SMILES string of the molecule is COCC(=O)N[C@@H](C(=O)N1CCC[C@H]1c1ncc(-c2ccc(C#Cc3ccc(-c4cnc([C@@H]5CCCN5C(=O)[C@H](NC(=O)OC)c5ccccc5)[nH]4)cn3)cc2)[nH]1)c1ccccc1. The molecule has 2 aliphatic heterocycles. The van der Waals surface area contributed by atoms with Crippen LogP contribution >= 0.6 is 0 Å². The number of pyridine rings is 1. The molecule has 5 heterocycles. The summed E-state index contributed by atoms with van der Waals surface area (Å²) < 4.78 is 9.82. The quantitative estimate of drug-likeness (QED) is 0.104. The first kappa shape index (κ1) is 42.1. The predicted molar refractivity (Wildman–Crippen MR) is 233 cm³/mol. The zero-order valence-corrected chi connectivity index (χ0v) is 34.9. The first-order valence-electron chi connectivity index (χ1n) is 20.8. The number of aromatic nitrogens is 5. The van der Waals surface area contributed by atoms with E-state index in [1.165, 1.54) is 14.2 Å². The molecule has 2 aliphatic rings. The largest absolute Gasteiger partial charge is 0.453 e. The molecule has 0 saturated carbocycles. The number of hydrogen-bond donors (Lipinski definition) is 4. The van der Waals surface area contributed by atoms with E-state index in [1.54, 1.807) is 40.5 Å². The highest BCUT2D eigenvalue weighted by atomic mass is 16.5. The van der Waals surface area contributed by atoms with Gasteiger partial charge in [-0.05, 0) is 72.6 Å². The Morgan fingerprint density at radius 3 is 1.73 bits per heavy atom. The van der Waals surface area contributed by atoms with Crippen LogP contribution in [-0.2, 0) is 23.9 Å². The Balaban J connectivity index is 0.900. The Morgan fingerprint density at radius 2 is 1.21 bits per heavy atom. The molecule has 8 rings (SSSR count). The van der Waals surface area contributed by atoms with Crippen LogP contribution in [0.4, 0.5) is 4.79 Å². The number of imidazole rings is 2. The van der Waals surface area contributed by atoms with Gasteiger partial charge in [0.2, 0.25) is 11.8 Å². The molecule has 4 amide bonds. The molecular weight excluding hydrogens is 799 g/mol. The number of carbonyl (C=O) groups is 4. The second-order valence-corrected chi connectivity index (χ2v) is 15.3. The zero-order chi connectivity index (χ0) is 43.7. The first-order chi connectivity index (χ1) is 30.8. The van der Waals surface area contributed by atoms with Crippen molar-refractivity contribution >= 4 is 23.8 Å². The van der Waals surface area contributed by atoms with Crippen LogP contribution in [0.1, 0.15) is 83.9 Å². The van der Waals surface area contributed by atoms with Crippen molar-refractivity contribution in [3.63, 3.8) is 0 Å². The number of hydrogen-bond acceptors (Lipinski definition) is 9. The Kier molecular flexibility index (Phi) is 13.0. The van der Waals surface area contributed by atoms with E-state index in [-0.39, 0.29) is 36.4 Å². The molecule has 0 radical (unpaired) electrons. The van der Waals surface area contributed by atoms with Crippen molar-refractivity contribution in [2.45, 2.75) is 49.9 Å². The number of ether oxygens (including phenoxy) is 2. The maximum Gasteiger partial charge on any atom is 0.407 e. The van der Waals surface area contributed by atoms with E-state index in [0.29, 0.717) is 41.6 Å². The number of H-pyrrole nitrogens is 2. The summed E-state index contributed by atoms with van der Waals surface area (Å²) in [4.78, 5) is 76.9. The van der Waals surface area contributed by atoms with Crippen molar-refractivity contribution in [2.24, 2.45) is 0 Å². The van der Waals surface area contributed by atoms with Gasteiger partial charge < -0.3 is 39.9 Å². The monoisotopic (exact) mass is 845 g/mol. The first-order valence-corrected chi connectivity index (χ1v) is 20.8. The third kappa shape index (κ3) is 9.66. The van der Waals surface area contributed by atoms with E-state index in [4.69, 9.17) is 9.47 Å². The van der Waals surface area contributed by atoms with E-state index < -0.39 is 18.2 Å². The highest BCUT2D eigenvalue weighted by Crippen LogP contribution is 2.35. The molecule has 15 heteroatoms. The summed E-state index contributed by atoms with van der Waals surface area (Å²) in [5.74, 6) is 6.89. The van der Waals surface area contributed by atoms with Gasteiger partial charge in [-0.15, -0.1) is 0 Å². The molecule has 15 nitrogen and oxygen atoms in total. The number of benzene rings is 3. The maximum atomic E-state index is 14.0. The Bertz CT molecular complexity index is 2600. The molecule has 4 atom stereocenters. The van der Waals surface area contributed by atoms with Gasteiger partial charge in [0, 0.05) is 37.5 Å². The standard InChI is InChI=1S/C48H47N9O6/c1-62-30-41(58)54-42(33-11-5-3-6-12-33)46(59)56-25-9-15-39(56)44-50-28-37(52-44)32-20-17-31(18-21-32)19-23-36-24-22-35(27-49-36)38-29-51-45(53-38)40-16-10-26-57(40)47(60)43(55-48(61)63-2)34-13-7-4-8-14-34/h3-8,11-14,17-18,20-22,24,27-29,39-40,42-43H,9-10,15-16,25-26,30H2,1-2H3,(H,50,52)(H,51,53)(H,54,58)(H,55,61)/t39-,40-,42+,43+/m0/s1. The third-order valence-corrected chi connectivity index (χ3v) is 11.3. The smallest absolute Gasteiger partial charge is 0.407 e. The van der Waals surface area contributed by atoms with Crippen LogP contribution in [0.5, 0.6) is 0 Å². The van der Waals surface area contributed by atoms with Crippen molar-refractivity contribution < 1.29 is 28.7 Å². The van der Waals surface area contributed by atoms with E-state index in [2.05, 4.69) is 47.4 Å². The minimum atomic E-state index is -0.896. The summed E-state index contributed by atoms with van der Waals surface area (Å²) in [5.41, 5.74) is 6.09. The Hall–Kier alpha value is -7.57. The summed E-state index contributed by atoms with van der Waals surface area (Å²) in [6.45, 7) is 0.943. The fourth-order valence-electron chi connectivity index (χ4n) is 8.14. The Labute approximate surface area is 364 Å². The van der Waals surface area contributed by atoms with E-state index in [0.717, 1.165) is 53.8 Å². The average Bonchev–Trinajstić information content (AvgIpc) is 4.18. The number of rotatable bonds is 12. The highest BCUT2D eigenvalue weighted by molar-refractivity contribution is 5.90. The fourth-order valence-corrected chi connectivity index (χ4v) is 8.14. The summed E-state index contributed by atoms with van der Waals surface area (Å²) >= 11 is 0. The van der Waals surface area contributed by atoms with Gasteiger partial charge in [0.15, 0.2) is 0 Å². The van der Waals surface area contributed by atoms with E-state index in [9.17, 15) is 19.2 Å². The number of likely N-dealkylation sites (tertiary alicyclic amines) is 2. The topological polar surface area (TPSA) is 188 Å². The highest BCUT2D eigenvalue weighted by Gasteiger charge is 2.38. The van der Waals surface area contributed by atoms with Gasteiger partial charge in [0.1, 0.15) is 36.0 Å². The van der Waals surface area contributed by atoms with Crippen molar-refractivity contribution in [3.8, 4) is 34.4 Å². The fraction of sp³-hybridized carbons (Fsp3) is 0.271. The van der Waals surface area contributed by atoms with E-state index >= 15 is 0 Å².